The van der Waals surface area contributed by atoms with E-state index >= 15 is 0 Å². The maximum atomic E-state index is 13.1. The van der Waals surface area contributed by atoms with E-state index in [4.69, 9.17) is 4.74 Å². The molecule has 2 atom stereocenters. The van der Waals surface area contributed by atoms with Crippen molar-refractivity contribution in [2.45, 2.75) is 51.0 Å². The van der Waals surface area contributed by atoms with Gasteiger partial charge in [0, 0.05) is 19.8 Å². The third-order valence-corrected chi connectivity index (χ3v) is 2.51. The zero-order valence-electron chi connectivity index (χ0n) is 11.6. The molecule has 2 unspecified atom stereocenters. The van der Waals surface area contributed by atoms with Gasteiger partial charge in [-0.3, -0.25) is 4.74 Å². The molecule has 0 saturated heterocycles. The summed E-state index contributed by atoms with van der Waals surface area (Å²) >= 11 is 0. The average molecular weight is 328 g/mol. The molecule has 0 aromatic heterocycles. The first-order valence-corrected chi connectivity index (χ1v) is 6.12. The van der Waals surface area contributed by atoms with Crippen molar-refractivity contribution in [1.29, 1.82) is 0 Å². The molecule has 21 heavy (non-hydrogen) atoms. The number of hydrogen-bond acceptors (Lipinski definition) is 4. The van der Waals surface area contributed by atoms with Crippen LogP contribution >= 0.6 is 0 Å². The molecule has 0 heterocycles. The molecule has 0 spiro atoms. The molecular weight excluding hydrogens is 310 g/mol. The summed E-state index contributed by atoms with van der Waals surface area (Å²) in [7, 11) is 0. The zero-order chi connectivity index (χ0) is 16.6. The topological polar surface area (TPSA) is 36.9 Å². The van der Waals surface area contributed by atoms with Gasteiger partial charge in [-0.15, -0.1) is 4.94 Å². The van der Waals surface area contributed by atoms with E-state index in [1.807, 2.05) is 0 Å². The van der Waals surface area contributed by atoms with Crippen LogP contribution in [-0.4, -0.2) is 38.1 Å². The molecule has 0 aliphatic rings. The van der Waals surface area contributed by atoms with E-state index in [1.165, 1.54) is 6.92 Å². The lowest BCUT2D eigenvalue weighted by Gasteiger charge is -2.29. The van der Waals surface area contributed by atoms with Gasteiger partial charge in [-0.05, 0) is 10.9 Å². The summed E-state index contributed by atoms with van der Waals surface area (Å²) in [4.78, 5) is 2.59. The highest BCUT2D eigenvalue weighted by Gasteiger charge is 2.42. The molecule has 0 N–H and O–H groups in total. The molecule has 0 aromatic carbocycles. The third kappa shape index (κ3) is 7.84. The monoisotopic (exact) mass is 328 g/mol. The molecule has 0 fully saturated rings. The van der Waals surface area contributed by atoms with Crippen LogP contribution in [0, 0.1) is 0 Å². The Hall–Kier alpha value is -0.580. The SMILES string of the molecule is CCC(CF)(OCF)OCCCC(F)(F)OC(C)(F)OF. The number of hydrogen-bond donors (Lipinski definition) is 0. The van der Waals surface area contributed by atoms with Crippen LogP contribution < -0.4 is 0 Å². The molecule has 0 aliphatic heterocycles. The normalized spacial score (nSPS) is 18.3. The van der Waals surface area contributed by atoms with Crippen LogP contribution in [0.15, 0.2) is 0 Å². The summed E-state index contributed by atoms with van der Waals surface area (Å²) in [5.41, 5.74) is 0. The molecule has 0 saturated carbocycles. The van der Waals surface area contributed by atoms with Gasteiger partial charge in [0.15, 0.2) is 12.6 Å². The average Bonchev–Trinajstić information content (AvgIpc) is 2.41. The Bertz CT molecular complexity index is 286. The molecule has 4 nitrogen and oxygen atoms in total. The smallest absolute Gasteiger partial charge is 0.347 e. The second kappa shape index (κ2) is 8.76. The molecule has 0 rings (SSSR count). The predicted molar refractivity (Wildman–Crippen MR) is 59.0 cm³/mol. The molecule has 0 radical (unpaired) electrons. The lowest BCUT2D eigenvalue weighted by Crippen LogP contribution is -2.39. The van der Waals surface area contributed by atoms with Crippen molar-refractivity contribution in [1.82, 2.24) is 0 Å². The maximum absolute atomic E-state index is 13.1. The van der Waals surface area contributed by atoms with Crippen LogP contribution in [-0.2, 0) is 19.2 Å². The number of halogens is 6. The Balaban J connectivity index is 4.23. The Kier molecular flexibility index (Phi) is 8.52. The highest BCUT2D eigenvalue weighted by atomic mass is 19.3. The van der Waals surface area contributed by atoms with E-state index < -0.39 is 50.9 Å². The first-order chi connectivity index (χ1) is 9.66. The van der Waals surface area contributed by atoms with Crippen LogP contribution in [0.4, 0.5) is 26.5 Å². The zero-order valence-corrected chi connectivity index (χ0v) is 11.6. The van der Waals surface area contributed by atoms with Crippen LogP contribution in [0.5, 0.6) is 0 Å². The molecule has 10 heteroatoms. The van der Waals surface area contributed by atoms with Gasteiger partial charge in [-0.1, -0.05) is 6.92 Å². The van der Waals surface area contributed by atoms with Gasteiger partial charge in [0.1, 0.15) is 6.67 Å². The molecule has 0 aliphatic carbocycles. The first kappa shape index (κ1) is 20.4. The Morgan fingerprint density at radius 3 is 2.10 bits per heavy atom. The van der Waals surface area contributed by atoms with E-state index in [0.717, 1.165) is 0 Å². The van der Waals surface area contributed by atoms with E-state index in [1.54, 1.807) is 0 Å². The second-order valence-electron chi connectivity index (χ2n) is 4.25. The Morgan fingerprint density at radius 1 is 1.05 bits per heavy atom. The van der Waals surface area contributed by atoms with Crippen molar-refractivity contribution in [3.63, 3.8) is 0 Å². The van der Waals surface area contributed by atoms with Gasteiger partial charge in [-0.2, -0.15) is 13.2 Å². The minimum atomic E-state index is -4.02. The fourth-order valence-corrected chi connectivity index (χ4v) is 1.39. The molecular formula is C11H18F6O4. The van der Waals surface area contributed by atoms with Crippen LogP contribution in [0.2, 0.25) is 0 Å². The summed E-state index contributed by atoms with van der Waals surface area (Å²) in [6.45, 7) is -1.11. The van der Waals surface area contributed by atoms with Crippen molar-refractivity contribution in [2.75, 3.05) is 20.1 Å². The number of ether oxygens (including phenoxy) is 3. The van der Waals surface area contributed by atoms with Gasteiger partial charge in [0.2, 0.25) is 0 Å². The first-order valence-electron chi connectivity index (χ1n) is 6.12. The van der Waals surface area contributed by atoms with Crippen LogP contribution in [0.3, 0.4) is 0 Å². The van der Waals surface area contributed by atoms with Crippen LogP contribution in [0.25, 0.3) is 0 Å². The van der Waals surface area contributed by atoms with E-state index in [-0.39, 0.29) is 6.42 Å². The van der Waals surface area contributed by atoms with Crippen molar-refractivity contribution in [3.05, 3.63) is 0 Å². The molecule has 0 aromatic rings. The minimum absolute atomic E-state index is 0.0431. The largest absolute Gasteiger partial charge is 0.360 e. The van der Waals surface area contributed by atoms with Gasteiger partial charge in [-0.25, -0.2) is 8.78 Å². The Morgan fingerprint density at radius 2 is 1.67 bits per heavy atom. The quantitative estimate of drug-likeness (QED) is 0.309. The maximum Gasteiger partial charge on any atom is 0.360 e. The Labute approximate surface area is 118 Å². The summed E-state index contributed by atoms with van der Waals surface area (Å²) in [5.74, 6) is -1.85. The summed E-state index contributed by atoms with van der Waals surface area (Å²) in [6, 6.07) is -3.59. The third-order valence-electron chi connectivity index (χ3n) is 2.51. The van der Waals surface area contributed by atoms with Crippen molar-refractivity contribution in [2.24, 2.45) is 0 Å². The number of alkyl halides is 5. The van der Waals surface area contributed by atoms with Crippen molar-refractivity contribution < 1.29 is 45.6 Å². The predicted octanol–water partition coefficient (Wildman–Crippen LogP) is 3.96. The summed E-state index contributed by atoms with van der Waals surface area (Å²) < 4.78 is 88.2. The summed E-state index contributed by atoms with van der Waals surface area (Å²) in [6.07, 6.45) is -5.51. The lowest BCUT2D eigenvalue weighted by molar-refractivity contribution is -0.460. The summed E-state index contributed by atoms with van der Waals surface area (Å²) in [5, 5.41) is 0. The second-order valence-corrected chi connectivity index (χ2v) is 4.25. The van der Waals surface area contributed by atoms with Gasteiger partial charge >= 0.3 is 12.1 Å². The van der Waals surface area contributed by atoms with Crippen molar-refractivity contribution >= 4 is 0 Å². The van der Waals surface area contributed by atoms with Crippen LogP contribution in [0.1, 0.15) is 33.1 Å². The van der Waals surface area contributed by atoms with Gasteiger partial charge in [0.25, 0.3) is 0 Å². The molecule has 0 bridgehead atoms. The fourth-order valence-electron chi connectivity index (χ4n) is 1.39. The van der Waals surface area contributed by atoms with E-state index in [2.05, 4.69) is 14.4 Å². The fraction of sp³-hybridized carbons (Fsp3) is 1.00. The van der Waals surface area contributed by atoms with Crippen molar-refractivity contribution in [3.8, 4) is 0 Å². The highest BCUT2D eigenvalue weighted by Crippen LogP contribution is 2.30. The lowest BCUT2D eigenvalue weighted by atomic mass is 10.2. The minimum Gasteiger partial charge on any atom is -0.347 e. The van der Waals surface area contributed by atoms with E-state index in [9.17, 15) is 26.5 Å². The molecule has 0 amide bonds. The standard InChI is InChI=1S/C11H18F6O4/c1-3-10(7-12,19-8-13)18-6-4-5-11(15,16)20-9(2,14)21-17/h3-8H2,1-2H3. The molecule has 128 valence electrons. The van der Waals surface area contributed by atoms with E-state index in [0.29, 0.717) is 6.92 Å². The van der Waals surface area contributed by atoms with Gasteiger partial charge < -0.3 is 9.47 Å². The van der Waals surface area contributed by atoms with Gasteiger partial charge in [0.05, 0.1) is 6.61 Å². The highest BCUT2D eigenvalue weighted by molar-refractivity contribution is 4.66. The number of rotatable bonds is 12.